The normalized spacial score (nSPS) is 26.8. The maximum absolute atomic E-state index is 12.4. The SMILES string of the molecule is O=C(N[C@@H]1CN(C2CCOCC2)CC[C@@H]1CO)c1ccccc1. The predicted molar refractivity (Wildman–Crippen MR) is 88.3 cm³/mol. The largest absolute Gasteiger partial charge is 0.396 e. The first-order valence-corrected chi connectivity index (χ1v) is 8.56. The first-order valence-electron chi connectivity index (χ1n) is 8.56. The molecule has 0 bridgehead atoms. The molecule has 0 saturated carbocycles. The van der Waals surface area contributed by atoms with Crippen molar-refractivity contribution < 1.29 is 14.6 Å². The fourth-order valence-corrected chi connectivity index (χ4v) is 3.63. The molecule has 2 heterocycles. The van der Waals surface area contributed by atoms with Gasteiger partial charge in [0.2, 0.25) is 0 Å². The summed E-state index contributed by atoms with van der Waals surface area (Å²) in [6.07, 6.45) is 3.04. The highest BCUT2D eigenvalue weighted by molar-refractivity contribution is 5.94. The van der Waals surface area contributed by atoms with Gasteiger partial charge in [-0.1, -0.05) is 18.2 Å². The van der Waals surface area contributed by atoms with E-state index >= 15 is 0 Å². The third-order valence-electron chi connectivity index (χ3n) is 5.08. The van der Waals surface area contributed by atoms with Gasteiger partial charge in [-0.15, -0.1) is 0 Å². The number of nitrogens with zero attached hydrogens (tertiary/aromatic N) is 1. The average Bonchev–Trinajstić information content (AvgIpc) is 2.63. The molecule has 126 valence electrons. The molecule has 2 fully saturated rings. The maximum Gasteiger partial charge on any atom is 0.251 e. The Morgan fingerprint density at radius 3 is 2.65 bits per heavy atom. The van der Waals surface area contributed by atoms with Crippen LogP contribution < -0.4 is 5.32 Å². The van der Waals surface area contributed by atoms with E-state index < -0.39 is 0 Å². The van der Waals surface area contributed by atoms with E-state index in [0.29, 0.717) is 11.6 Å². The third kappa shape index (κ3) is 4.10. The lowest BCUT2D eigenvalue weighted by Crippen LogP contribution is -2.56. The van der Waals surface area contributed by atoms with Gasteiger partial charge in [-0.05, 0) is 37.9 Å². The molecular weight excluding hydrogens is 292 g/mol. The topological polar surface area (TPSA) is 61.8 Å². The third-order valence-corrected chi connectivity index (χ3v) is 5.08. The number of nitrogens with one attached hydrogen (secondary N) is 1. The summed E-state index contributed by atoms with van der Waals surface area (Å²) in [5.41, 5.74) is 0.673. The van der Waals surface area contributed by atoms with Crippen LogP contribution in [0, 0.1) is 5.92 Å². The van der Waals surface area contributed by atoms with Gasteiger partial charge >= 0.3 is 0 Å². The molecule has 0 aliphatic carbocycles. The van der Waals surface area contributed by atoms with Crippen LogP contribution in [-0.2, 0) is 4.74 Å². The highest BCUT2D eigenvalue weighted by Gasteiger charge is 2.33. The number of aliphatic hydroxyl groups excluding tert-OH is 1. The molecule has 2 aliphatic rings. The van der Waals surface area contributed by atoms with Gasteiger partial charge in [-0.3, -0.25) is 9.69 Å². The number of amides is 1. The van der Waals surface area contributed by atoms with Crippen LogP contribution >= 0.6 is 0 Å². The molecule has 23 heavy (non-hydrogen) atoms. The highest BCUT2D eigenvalue weighted by atomic mass is 16.5. The first-order chi connectivity index (χ1) is 11.3. The van der Waals surface area contributed by atoms with Crippen molar-refractivity contribution in [1.29, 1.82) is 0 Å². The summed E-state index contributed by atoms with van der Waals surface area (Å²) < 4.78 is 5.45. The van der Waals surface area contributed by atoms with E-state index in [1.165, 1.54) is 0 Å². The Bertz CT molecular complexity index is 502. The van der Waals surface area contributed by atoms with Crippen LogP contribution in [0.2, 0.25) is 0 Å². The van der Waals surface area contributed by atoms with Gasteiger partial charge in [0, 0.05) is 49.9 Å². The van der Waals surface area contributed by atoms with Gasteiger partial charge in [0.25, 0.3) is 5.91 Å². The standard InChI is InChI=1S/C18H26N2O3/c21-13-15-6-9-20(16-7-10-23-11-8-16)12-17(15)19-18(22)14-4-2-1-3-5-14/h1-5,15-17,21H,6-13H2,(H,19,22)/t15-,17-/m1/s1. The molecule has 0 spiro atoms. The summed E-state index contributed by atoms with van der Waals surface area (Å²) in [5.74, 6) is 0.0848. The van der Waals surface area contributed by atoms with Crippen molar-refractivity contribution in [3.05, 3.63) is 35.9 Å². The van der Waals surface area contributed by atoms with Gasteiger partial charge in [-0.25, -0.2) is 0 Å². The van der Waals surface area contributed by atoms with Crippen LogP contribution in [-0.4, -0.2) is 60.9 Å². The average molecular weight is 318 g/mol. The zero-order chi connectivity index (χ0) is 16.1. The number of aliphatic hydroxyl groups is 1. The Kier molecular flexibility index (Phi) is 5.65. The molecule has 2 atom stereocenters. The first kappa shape index (κ1) is 16.4. The fourth-order valence-electron chi connectivity index (χ4n) is 3.63. The molecule has 2 aliphatic heterocycles. The molecule has 5 nitrogen and oxygen atoms in total. The minimum atomic E-state index is -0.0529. The molecular formula is C18H26N2O3. The molecule has 0 radical (unpaired) electrons. The van der Waals surface area contributed by atoms with Crippen molar-refractivity contribution in [3.8, 4) is 0 Å². The number of likely N-dealkylation sites (tertiary alicyclic amines) is 1. The number of hydrogen-bond donors (Lipinski definition) is 2. The van der Waals surface area contributed by atoms with E-state index in [1.54, 1.807) is 0 Å². The smallest absolute Gasteiger partial charge is 0.251 e. The second-order valence-electron chi connectivity index (χ2n) is 6.52. The fraction of sp³-hybridized carbons (Fsp3) is 0.611. The van der Waals surface area contributed by atoms with Gasteiger partial charge in [0.1, 0.15) is 0 Å². The quantitative estimate of drug-likeness (QED) is 0.878. The van der Waals surface area contributed by atoms with Crippen LogP contribution in [0.15, 0.2) is 30.3 Å². The summed E-state index contributed by atoms with van der Waals surface area (Å²) in [7, 11) is 0. The monoisotopic (exact) mass is 318 g/mol. The molecule has 0 aromatic heterocycles. The van der Waals surface area contributed by atoms with Crippen molar-refractivity contribution in [1.82, 2.24) is 10.2 Å². The summed E-state index contributed by atoms with van der Waals surface area (Å²) >= 11 is 0. The second kappa shape index (κ2) is 7.90. The predicted octanol–water partition coefficient (Wildman–Crippen LogP) is 1.28. The Morgan fingerprint density at radius 1 is 1.22 bits per heavy atom. The van der Waals surface area contributed by atoms with Crippen LogP contribution in [0.25, 0.3) is 0 Å². The molecule has 0 unspecified atom stereocenters. The van der Waals surface area contributed by atoms with Gasteiger partial charge in [0.05, 0.1) is 0 Å². The Hall–Kier alpha value is -1.43. The molecule has 1 aromatic rings. The number of piperidine rings is 1. The Labute approximate surface area is 137 Å². The second-order valence-corrected chi connectivity index (χ2v) is 6.52. The number of hydrogen-bond acceptors (Lipinski definition) is 4. The number of rotatable bonds is 4. The Morgan fingerprint density at radius 2 is 1.96 bits per heavy atom. The van der Waals surface area contributed by atoms with E-state index in [2.05, 4.69) is 10.2 Å². The van der Waals surface area contributed by atoms with E-state index in [0.717, 1.165) is 45.6 Å². The Balaban J connectivity index is 1.63. The van der Waals surface area contributed by atoms with Crippen molar-refractivity contribution in [2.75, 3.05) is 32.9 Å². The van der Waals surface area contributed by atoms with Crippen LogP contribution in [0.1, 0.15) is 29.6 Å². The molecule has 1 aromatic carbocycles. The van der Waals surface area contributed by atoms with E-state index in [9.17, 15) is 9.90 Å². The van der Waals surface area contributed by atoms with E-state index in [-0.39, 0.29) is 24.5 Å². The molecule has 3 rings (SSSR count). The van der Waals surface area contributed by atoms with Crippen molar-refractivity contribution in [3.63, 3.8) is 0 Å². The number of carbonyl (C=O) groups is 1. The maximum atomic E-state index is 12.4. The van der Waals surface area contributed by atoms with Crippen LogP contribution in [0.5, 0.6) is 0 Å². The van der Waals surface area contributed by atoms with Crippen molar-refractivity contribution >= 4 is 5.91 Å². The molecule has 5 heteroatoms. The van der Waals surface area contributed by atoms with Crippen LogP contribution in [0.4, 0.5) is 0 Å². The van der Waals surface area contributed by atoms with Crippen molar-refractivity contribution in [2.24, 2.45) is 5.92 Å². The zero-order valence-electron chi connectivity index (χ0n) is 13.5. The lowest BCUT2D eigenvalue weighted by Gasteiger charge is -2.43. The number of ether oxygens (including phenoxy) is 1. The van der Waals surface area contributed by atoms with Gasteiger partial charge in [-0.2, -0.15) is 0 Å². The van der Waals surface area contributed by atoms with Crippen molar-refractivity contribution in [2.45, 2.75) is 31.3 Å². The summed E-state index contributed by atoms with van der Waals surface area (Å²) in [6, 6.07) is 9.83. The lowest BCUT2D eigenvalue weighted by atomic mass is 9.90. The molecule has 1 amide bonds. The minimum absolute atomic E-state index is 0.00398. The molecule has 2 N–H and O–H groups in total. The number of benzene rings is 1. The van der Waals surface area contributed by atoms with E-state index in [4.69, 9.17) is 4.74 Å². The highest BCUT2D eigenvalue weighted by Crippen LogP contribution is 2.23. The minimum Gasteiger partial charge on any atom is -0.396 e. The summed E-state index contributed by atoms with van der Waals surface area (Å²) in [5, 5.41) is 12.8. The number of carbonyl (C=O) groups excluding carboxylic acids is 1. The lowest BCUT2D eigenvalue weighted by molar-refractivity contribution is 0.00618. The van der Waals surface area contributed by atoms with Gasteiger partial charge in [0.15, 0.2) is 0 Å². The summed E-state index contributed by atoms with van der Waals surface area (Å²) in [4.78, 5) is 14.9. The zero-order valence-corrected chi connectivity index (χ0v) is 13.5. The summed E-state index contributed by atoms with van der Waals surface area (Å²) in [6.45, 7) is 3.58. The van der Waals surface area contributed by atoms with Gasteiger partial charge < -0.3 is 15.2 Å². The van der Waals surface area contributed by atoms with Crippen LogP contribution in [0.3, 0.4) is 0 Å². The molecule has 2 saturated heterocycles. The van der Waals surface area contributed by atoms with E-state index in [1.807, 2.05) is 30.3 Å².